The molecule has 38 heavy (non-hydrogen) atoms. The second kappa shape index (κ2) is 9.91. The Bertz CT molecular complexity index is 1800. The van der Waals surface area contributed by atoms with E-state index in [9.17, 15) is 0 Å². The minimum Gasteiger partial charge on any atom is -0.495 e. The van der Waals surface area contributed by atoms with E-state index in [2.05, 4.69) is 25.5 Å². The zero-order valence-corrected chi connectivity index (χ0v) is 20.8. The largest absolute Gasteiger partial charge is 0.495 e. The molecule has 0 aliphatic rings. The predicted molar refractivity (Wildman–Crippen MR) is 146 cm³/mol. The van der Waals surface area contributed by atoms with Crippen LogP contribution in [-0.2, 0) is 0 Å². The summed E-state index contributed by atoms with van der Waals surface area (Å²) >= 11 is 6.04. The van der Waals surface area contributed by atoms with Gasteiger partial charge >= 0.3 is 0 Å². The Morgan fingerprint density at radius 2 is 1.66 bits per heavy atom. The molecule has 1 N–H and O–H groups in total. The molecule has 0 fully saturated rings. The number of nitrogens with one attached hydrogen (secondary N) is 1. The number of halogens is 2. The Morgan fingerprint density at radius 3 is 2.45 bits per heavy atom. The van der Waals surface area contributed by atoms with Crippen molar-refractivity contribution in [1.29, 1.82) is 0 Å². The predicted octanol–water partition coefficient (Wildman–Crippen LogP) is 7.58. The average molecular weight is 524 g/mol. The quantitative estimate of drug-likeness (QED) is 0.241. The fraction of sp³-hybridized carbons (Fsp3) is 0.0345. The number of rotatable bonds is 6. The van der Waals surface area contributed by atoms with Crippen LogP contribution in [-0.4, -0.2) is 27.3 Å². The summed E-state index contributed by atoms with van der Waals surface area (Å²) in [7, 11) is 1.55. The maximum Gasteiger partial charge on any atom is 0.167 e. The molecule has 0 bridgehead atoms. The first-order valence-electron chi connectivity index (χ1n) is 11.6. The Morgan fingerprint density at radius 1 is 0.842 bits per heavy atom. The third-order valence-electron chi connectivity index (χ3n) is 5.97. The molecule has 0 amide bonds. The van der Waals surface area contributed by atoms with Crippen molar-refractivity contribution in [3.63, 3.8) is 0 Å². The second-order valence-corrected chi connectivity index (χ2v) is 8.81. The van der Waals surface area contributed by atoms with E-state index in [-0.39, 0.29) is 5.75 Å². The van der Waals surface area contributed by atoms with Gasteiger partial charge in [0.1, 0.15) is 17.0 Å². The number of fused-ring (bicyclic) bond motifs is 2. The second-order valence-electron chi connectivity index (χ2n) is 8.37. The normalized spacial score (nSPS) is 11.0. The van der Waals surface area contributed by atoms with Gasteiger partial charge < -0.3 is 14.8 Å². The van der Waals surface area contributed by atoms with E-state index in [0.29, 0.717) is 39.1 Å². The maximum absolute atomic E-state index is 15.1. The lowest BCUT2D eigenvalue weighted by molar-refractivity contribution is 0.413. The maximum atomic E-state index is 15.1. The first-order chi connectivity index (χ1) is 18.6. The van der Waals surface area contributed by atoms with Crippen LogP contribution in [0.1, 0.15) is 0 Å². The molecule has 6 rings (SSSR count). The van der Waals surface area contributed by atoms with E-state index < -0.39 is 5.82 Å². The fourth-order valence-corrected chi connectivity index (χ4v) is 4.24. The van der Waals surface area contributed by atoms with Crippen LogP contribution in [0.5, 0.6) is 17.2 Å². The molecule has 0 saturated carbocycles. The highest BCUT2D eigenvalue weighted by Gasteiger charge is 2.14. The molecule has 0 radical (unpaired) electrons. The van der Waals surface area contributed by atoms with Gasteiger partial charge in [-0.3, -0.25) is 4.98 Å². The summed E-state index contributed by atoms with van der Waals surface area (Å²) in [4.78, 5) is 8.63. The van der Waals surface area contributed by atoms with Crippen molar-refractivity contribution >= 4 is 44.9 Å². The summed E-state index contributed by atoms with van der Waals surface area (Å²) in [5, 5.41) is 14.4. The number of aromatic nitrogens is 4. The van der Waals surface area contributed by atoms with Crippen molar-refractivity contribution in [3.8, 4) is 28.5 Å². The minimum atomic E-state index is -0.552. The van der Waals surface area contributed by atoms with E-state index in [0.717, 1.165) is 22.0 Å². The molecule has 0 aliphatic heterocycles. The summed E-state index contributed by atoms with van der Waals surface area (Å²) in [6, 6.07) is 23.2. The fourth-order valence-electron chi connectivity index (χ4n) is 4.11. The first kappa shape index (κ1) is 23.6. The molecule has 3 aromatic heterocycles. The van der Waals surface area contributed by atoms with Crippen LogP contribution in [0.3, 0.4) is 0 Å². The van der Waals surface area contributed by atoms with Gasteiger partial charge in [0.05, 0.1) is 18.8 Å². The Labute approximate surface area is 221 Å². The van der Waals surface area contributed by atoms with Gasteiger partial charge in [-0.1, -0.05) is 48.0 Å². The van der Waals surface area contributed by atoms with Crippen LogP contribution in [0.4, 0.5) is 15.9 Å². The lowest BCUT2D eigenvalue weighted by Crippen LogP contribution is -2.00. The van der Waals surface area contributed by atoms with Crippen molar-refractivity contribution < 1.29 is 13.9 Å². The van der Waals surface area contributed by atoms with Crippen LogP contribution >= 0.6 is 11.6 Å². The lowest BCUT2D eigenvalue weighted by atomic mass is 10.0. The number of hydrogen-bond acceptors (Lipinski definition) is 7. The summed E-state index contributed by atoms with van der Waals surface area (Å²) in [5.41, 5.74) is 3.20. The number of pyridine rings is 2. The van der Waals surface area contributed by atoms with Crippen molar-refractivity contribution in [3.05, 3.63) is 102 Å². The van der Waals surface area contributed by atoms with Crippen LogP contribution in [0.25, 0.3) is 33.1 Å². The van der Waals surface area contributed by atoms with E-state index >= 15 is 4.39 Å². The molecular weight excluding hydrogens is 505 g/mol. The topological polar surface area (TPSA) is 82.0 Å². The van der Waals surface area contributed by atoms with E-state index in [1.165, 1.54) is 6.07 Å². The van der Waals surface area contributed by atoms with Crippen molar-refractivity contribution in [2.24, 2.45) is 0 Å². The molecule has 0 unspecified atom stereocenters. The minimum absolute atomic E-state index is 0.0506. The number of benzene rings is 3. The highest BCUT2D eigenvalue weighted by atomic mass is 35.5. The lowest BCUT2D eigenvalue weighted by Gasteiger charge is -2.13. The number of anilines is 2. The van der Waals surface area contributed by atoms with Crippen LogP contribution in [0.2, 0.25) is 5.02 Å². The monoisotopic (exact) mass is 523 g/mol. The molecular formula is C29H19ClFN5O2. The van der Waals surface area contributed by atoms with Crippen LogP contribution in [0, 0.1) is 5.82 Å². The third-order valence-corrected chi connectivity index (χ3v) is 6.22. The molecule has 6 aromatic rings. The summed E-state index contributed by atoms with van der Waals surface area (Å²) in [5.74, 6) is 0.954. The molecule has 186 valence electrons. The van der Waals surface area contributed by atoms with Crippen molar-refractivity contribution in [2.45, 2.75) is 0 Å². The van der Waals surface area contributed by atoms with Crippen LogP contribution in [0.15, 0.2) is 91.3 Å². The Hall–Kier alpha value is -4.82. The van der Waals surface area contributed by atoms with Gasteiger partial charge in [-0.05, 0) is 24.3 Å². The number of nitrogens with zero attached hydrogens (tertiary/aromatic N) is 4. The summed E-state index contributed by atoms with van der Waals surface area (Å²) in [6.07, 6.45) is 3.13. The first-order valence-corrected chi connectivity index (χ1v) is 12.0. The van der Waals surface area contributed by atoms with Crippen molar-refractivity contribution in [1.82, 2.24) is 20.2 Å². The van der Waals surface area contributed by atoms with Gasteiger partial charge in [-0.2, -0.15) is 0 Å². The van der Waals surface area contributed by atoms with Crippen LogP contribution < -0.4 is 14.8 Å². The molecule has 9 heteroatoms. The van der Waals surface area contributed by atoms with Crippen molar-refractivity contribution in [2.75, 3.05) is 12.4 Å². The molecule has 7 nitrogen and oxygen atoms in total. The zero-order chi connectivity index (χ0) is 26.1. The van der Waals surface area contributed by atoms with Gasteiger partial charge in [-0.15, -0.1) is 10.2 Å². The third kappa shape index (κ3) is 4.53. The van der Waals surface area contributed by atoms with Gasteiger partial charge in [0.2, 0.25) is 0 Å². The van der Waals surface area contributed by atoms with E-state index in [1.54, 1.807) is 43.8 Å². The number of methoxy groups -OCH3 is 1. The van der Waals surface area contributed by atoms with E-state index in [1.807, 2.05) is 48.5 Å². The van der Waals surface area contributed by atoms with Gasteiger partial charge in [0.15, 0.2) is 23.1 Å². The highest BCUT2D eigenvalue weighted by Crippen LogP contribution is 2.34. The van der Waals surface area contributed by atoms with Gasteiger partial charge in [0.25, 0.3) is 0 Å². The molecule has 0 atom stereocenters. The SMILES string of the molecule is COc1cnc2c(Oc3ccc(Nc4nnc(-c5ccc(Cl)cc5)c5ccccc45)cc3F)ccnc2c1. The van der Waals surface area contributed by atoms with E-state index in [4.69, 9.17) is 21.1 Å². The summed E-state index contributed by atoms with van der Waals surface area (Å²) < 4.78 is 26.2. The molecule has 0 spiro atoms. The summed E-state index contributed by atoms with van der Waals surface area (Å²) in [6.45, 7) is 0. The zero-order valence-electron chi connectivity index (χ0n) is 20.0. The number of ether oxygens (including phenoxy) is 2. The molecule has 0 aliphatic carbocycles. The Kier molecular flexibility index (Phi) is 6.15. The van der Waals surface area contributed by atoms with Gasteiger partial charge in [-0.25, -0.2) is 9.37 Å². The average Bonchev–Trinajstić information content (AvgIpc) is 2.95. The standard InChI is InChI=1S/C29H19ClFN5O2/c1-37-20-15-24-28(33-16-20)26(12-13-32-24)38-25-11-10-19(14-23(25)31)34-29-22-5-3-2-4-21(22)27(35-36-29)17-6-8-18(30)9-7-17/h2-16H,1H3,(H,34,36). The molecule has 3 heterocycles. The Balaban J connectivity index is 1.29. The molecule has 0 saturated heterocycles. The smallest absolute Gasteiger partial charge is 0.167 e. The number of hydrogen-bond donors (Lipinski definition) is 1. The highest BCUT2D eigenvalue weighted by molar-refractivity contribution is 6.30. The van der Waals surface area contributed by atoms with Gasteiger partial charge in [0, 0.05) is 51.4 Å². The molecule has 3 aromatic carbocycles.